The standard InChI is InChI=1S/C18H25F3O2/c1-3-5-6-7-8-9-12-23-17-11-10-14(16(22)4-2)13-15(17)18(19,20)21/h10-11,13H,3-9,12H2,1-2H3. The molecule has 0 aliphatic heterocycles. The van der Waals surface area contributed by atoms with E-state index in [0.29, 0.717) is 0 Å². The van der Waals surface area contributed by atoms with Crippen molar-refractivity contribution in [3.63, 3.8) is 0 Å². The molecule has 0 radical (unpaired) electrons. The summed E-state index contributed by atoms with van der Waals surface area (Å²) in [6.45, 7) is 4.02. The minimum atomic E-state index is -4.53. The molecule has 130 valence electrons. The van der Waals surface area contributed by atoms with Crippen molar-refractivity contribution in [3.8, 4) is 5.75 Å². The summed E-state index contributed by atoms with van der Waals surface area (Å²) >= 11 is 0. The normalized spacial score (nSPS) is 11.5. The van der Waals surface area contributed by atoms with Gasteiger partial charge in [-0.1, -0.05) is 46.0 Å². The fourth-order valence-corrected chi connectivity index (χ4v) is 2.32. The fraction of sp³-hybridized carbons (Fsp3) is 0.611. The van der Waals surface area contributed by atoms with Gasteiger partial charge in [0.2, 0.25) is 0 Å². The van der Waals surface area contributed by atoms with Gasteiger partial charge in [-0.25, -0.2) is 0 Å². The average Bonchev–Trinajstić information content (AvgIpc) is 2.52. The Labute approximate surface area is 136 Å². The van der Waals surface area contributed by atoms with Gasteiger partial charge in [0.05, 0.1) is 12.2 Å². The van der Waals surface area contributed by atoms with E-state index in [2.05, 4.69) is 6.92 Å². The van der Waals surface area contributed by atoms with E-state index in [4.69, 9.17) is 4.74 Å². The van der Waals surface area contributed by atoms with Gasteiger partial charge in [-0.15, -0.1) is 0 Å². The monoisotopic (exact) mass is 330 g/mol. The predicted octanol–water partition coefficient (Wildman–Crippen LogP) is 6.04. The third-order valence-electron chi connectivity index (χ3n) is 3.68. The minimum Gasteiger partial charge on any atom is -0.493 e. The zero-order valence-corrected chi connectivity index (χ0v) is 13.8. The molecule has 1 aromatic carbocycles. The second-order valence-corrected chi connectivity index (χ2v) is 5.60. The topological polar surface area (TPSA) is 26.3 Å². The Morgan fingerprint density at radius 1 is 1.04 bits per heavy atom. The second-order valence-electron chi connectivity index (χ2n) is 5.60. The molecular formula is C18H25F3O2. The van der Waals surface area contributed by atoms with E-state index in [1.807, 2.05) is 0 Å². The van der Waals surface area contributed by atoms with Crippen molar-refractivity contribution in [1.29, 1.82) is 0 Å². The number of ether oxygens (including phenoxy) is 1. The highest BCUT2D eigenvalue weighted by atomic mass is 19.4. The van der Waals surface area contributed by atoms with E-state index in [9.17, 15) is 18.0 Å². The van der Waals surface area contributed by atoms with Gasteiger partial charge in [-0.2, -0.15) is 13.2 Å². The quantitative estimate of drug-likeness (QED) is 0.386. The average molecular weight is 330 g/mol. The molecule has 0 heterocycles. The van der Waals surface area contributed by atoms with Crippen LogP contribution in [0.2, 0.25) is 0 Å². The molecule has 0 fully saturated rings. The number of benzene rings is 1. The Balaban J connectivity index is 2.65. The lowest BCUT2D eigenvalue weighted by atomic mass is 10.0. The fourth-order valence-electron chi connectivity index (χ4n) is 2.32. The van der Waals surface area contributed by atoms with Crippen LogP contribution in [-0.4, -0.2) is 12.4 Å². The highest BCUT2D eigenvalue weighted by molar-refractivity contribution is 5.96. The van der Waals surface area contributed by atoms with Crippen LogP contribution in [0.3, 0.4) is 0 Å². The Bertz CT molecular complexity index is 496. The molecule has 0 unspecified atom stereocenters. The molecular weight excluding hydrogens is 305 g/mol. The zero-order valence-electron chi connectivity index (χ0n) is 13.8. The number of hydrogen-bond donors (Lipinski definition) is 0. The number of carbonyl (C=O) groups excluding carboxylic acids is 1. The van der Waals surface area contributed by atoms with E-state index in [1.54, 1.807) is 6.92 Å². The van der Waals surface area contributed by atoms with Crippen LogP contribution in [0.4, 0.5) is 13.2 Å². The molecule has 0 bridgehead atoms. The largest absolute Gasteiger partial charge is 0.493 e. The smallest absolute Gasteiger partial charge is 0.419 e. The van der Waals surface area contributed by atoms with Crippen molar-refractivity contribution >= 4 is 5.78 Å². The number of unbranched alkanes of at least 4 members (excludes halogenated alkanes) is 5. The van der Waals surface area contributed by atoms with Gasteiger partial charge < -0.3 is 4.74 Å². The summed E-state index contributed by atoms with van der Waals surface area (Å²) in [6, 6.07) is 3.54. The van der Waals surface area contributed by atoms with Crippen LogP contribution in [-0.2, 0) is 6.18 Å². The van der Waals surface area contributed by atoms with Gasteiger partial charge in [0.15, 0.2) is 5.78 Å². The first-order chi connectivity index (χ1) is 10.9. The van der Waals surface area contributed by atoms with Gasteiger partial charge in [0.1, 0.15) is 5.75 Å². The summed E-state index contributed by atoms with van der Waals surface area (Å²) in [5.74, 6) is -0.503. The van der Waals surface area contributed by atoms with E-state index >= 15 is 0 Å². The van der Waals surface area contributed by atoms with Crippen molar-refractivity contribution in [3.05, 3.63) is 29.3 Å². The number of halogens is 3. The van der Waals surface area contributed by atoms with Gasteiger partial charge in [-0.05, 0) is 24.6 Å². The summed E-state index contributed by atoms with van der Waals surface area (Å²) < 4.78 is 44.7. The first-order valence-corrected chi connectivity index (χ1v) is 8.27. The molecule has 1 aromatic rings. The number of Topliss-reactive ketones (excluding diaryl/α,β-unsaturated/α-hetero) is 1. The van der Waals surface area contributed by atoms with Crippen LogP contribution in [0.25, 0.3) is 0 Å². The van der Waals surface area contributed by atoms with Gasteiger partial charge in [0, 0.05) is 12.0 Å². The number of alkyl halides is 3. The highest BCUT2D eigenvalue weighted by Crippen LogP contribution is 2.37. The SMILES string of the molecule is CCCCCCCCOc1ccc(C(=O)CC)cc1C(F)(F)F. The van der Waals surface area contributed by atoms with Gasteiger partial charge in [-0.3, -0.25) is 4.79 Å². The van der Waals surface area contributed by atoms with E-state index in [0.717, 1.165) is 38.2 Å². The molecule has 2 nitrogen and oxygen atoms in total. The molecule has 0 aromatic heterocycles. The molecule has 0 aliphatic carbocycles. The lowest BCUT2D eigenvalue weighted by Gasteiger charge is -2.15. The molecule has 0 aliphatic rings. The van der Waals surface area contributed by atoms with Crippen LogP contribution in [0, 0.1) is 0 Å². The number of ketones is 1. The maximum absolute atomic E-state index is 13.1. The molecule has 5 heteroatoms. The Morgan fingerprint density at radius 3 is 2.30 bits per heavy atom. The molecule has 23 heavy (non-hydrogen) atoms. The third kappa shape index (κ3) is 6.63. The van der Waals surface area contributed by atoms with Crippen LogP contribution >= 0.6 is 0 Å². The maximum atomic E-state index is 13.1. The molecule has 0 spiro atoms. The van der Waals surface area contributed by atoms with Crippen LogP contribution in [0.1, 0.15) is 74.7 Å². The Kier molecular flexibility index (Phi) is 8.13. The molecule has 0 saturated heterocycles. The summed E-state index contributed by atoms with van der Waals surface area (Å²) in [5, 5.41) is 0. The van der Waals surface area contributed by atoms with E-state index < -0.39 is 11.7 Å². The predicted molar refractivity (Wildman–Crippen MR) is 84.9 cm³/mol. The number of carbonyl (C=O) groups is 1. The highest BCUT2D eigenvalue weighted by Gasteiger charge is 2.35. The van der Waals surface area contributed by atoms with E-state index in [-0.39, 0.29) is 30.1 Å². The summed E-state index contributed by atoms with van der Waals surface area (Å²) in [5.41, 5.74) is -0.797. The van der Waals surface area contributed by atoms with Crippen molar-refractivity contribution in [2.24, 2.45) is 0 Å². The lowest BCUT2D eigenvalue weighted by molar-refractivity contribution is -0.139. The molecule has 1 rings (SSSR count). The van der Waals surface area contributed by atoms with Crippen molar-refractivity contribution in [2.45, 2.75) is 65.0 Å². The van der Waals surface area contributed by atoms with Crippen molar-refractivity contribution in [1.82, 2.24) is 0 Å². The van der Waals surface area contributed by atoms with Crippen LogP contribution in [0.15, 0.2) is 18.2 Å². The Morgan fingerprint density at radius 2 is 1.70 bits per heavy atom. The van der Waals surface area contributed by atoms with E-state index in [1.165, 1.54) is 18.6 Å². The van der Waals surface area contributed by atoms with Crippen LogP contribution < -0.4 is 4.74 Å². The Hall–Kier alpha value is -1.52. The maximum Gasteiger partial charge on any atom is 0.419 e. The van der Waals surface area contributed by atoms with Gasteiger partial charge in [0.25, 0.3) is 0 Å². The first kappa shape index (κ1) is 19.5. The number of hydrogen-bond acceptors (Lipinski definition) is 2. The molecule has 0 N–H and O–H groups in total. The molecule has 0 amide bonds. The zero-order chi connectivity index (χ0) is 17.3. The van der Waals surface area contributed by atoms with Crippen molar-refractivity contribution in [2.75, 3.05) is 6.61 Å². The summed E-state index contributed by atoms with van der Waals surface area (Å²) in [4.78, 5) is 11.6. The first-order valence-electron chi connectivity index (χ1n) is 8.27. The van der Waals surface area contributed by atoms with Crippen LogP contribution in [0.5, 0.6) is 5.75 Å². The minimum absolute atomic E-state index is 0.0757. The number of rotatable bonds is 10. The summed E-state index contributed by atoms with van der Waals surface area (Å²) in [7, 11) is 0. The lowest BCUT2D eigenvalue weighted by Crippen LogP contribution is -2.11. The molecule has 0 atom stereocenters. The summed E-state index contributed by atoms with van der Waals surface area (Å²) in [6.07, 6.45) is 1.91. The second kappa shape index (κ2) is 9.58. The molecule has 0 saturated carbocycles. The third-order valence-corrected chi connectivity index (χ3v) is 3.68. The van der Waals surface area contributed by atoms with Gasteiger partial charge >= 0.3 is 6.18 Å². The van der Waals surface area contributed by atoms with Crippen molar-refractivity contribution < 1.29 is 22.7 Å².